The fourth-order valence-corrected chi connectivity index (χ4v) is 4.60. The summed E-state index contributed by atoms with van der Waals surface area (Å²) in [6.45, 7) is 0.547. The molecule has 0 saturated carbocycles. The molecule has 3 rings (SSSR count). The van der Waals surface area contributed by atoms with Gasteiger partial charge in [-0.2, -0.15) is 0 Å². The fraction of sp³-hybridized carbons (Fsp3) is 0.467. The SMILES string of the molecule is CN(CC(=O)NCc1cn2ccccc2n1)[C@H]1CCS(=O)(=O)C1. The Morgan fingerprint density at radius 1 is 1.48 bits per heavy atom. The third kappa shape index (κ3) is 3.89. The van der Waals surface area contributed by atoms with Crippen LogP contribution in [0.25, 0.3) is 5.65 Å². The van der Waals surface area contributed by atoms with E-state index in [1.807, 2.05) is 39.9 Å². The lowest BCUT2D eigenvalue weighted by Gasteiger charge is -2.22. The van der Waals surface area contributed by atoms with Gasteiger partial charge in [-0.1, -0.05) is 6.07 Å². The van der Waals surface area contributed by atoms with E-state index in [1.165, 1.54) is 0 Å². The summed E-state index contributed by atoms with van der Waals surface area (Å²) < 4.78 is 24.9. The number of nitrogens with one attached hydrogen (secondary N) is 1. The second-order valence-corrected chi connectivity index (χ2v) is 8.18. The average molecular weight is 336 g/mol. The Hall–Kier alpha value is -1.93. The van der Waals surface area contributed by atoms with Crippen LogP contribution in [0.4, 0.5) is 0 Å². The average Bonchev–Trinajstić information content (AvgIpc) is 3.07. The third-order valence-electron chi connectivity index (χ3n) is 4.11. The van der Waals surface area contributed by atoms with Gasteiger partial charge < -0.3 is 9.72 Å². The minimum absolute atomic E-state index is 0.0686. The molecule has 1 amide bonds. The topological polar surface area (TPSA) is 83.8 Å². The van der Waals surface area contributed by atoms with E-state index in [0.29, 0.717) is 13.0 Å². The Kier molecular flexibility index (Phi) is 4.36. The molecule has 0 bridgehead atoms. The van der Waals surface area contributed by atoms with Crippen molar-refractivity contribution >= 4 is 21.4 Å². The molecule has 2 aromatic rings. The first-order valence-electron chi connectivity index (χ1n) is 7.53. The van der Waals surface area contributed by atoms with E-state index in [0.717, 1.165) is 11.3 Å². The Morgan fingerprint density at radius 3 is 3.00 bits per heavy atom. The summed E-state index contributed by atoms with van der Waals surface area (Å²) in [7, 11) is -1.14. The summed E-state index contributed by atoms with van der Waals surface area (Å²) in [4.78, 5) is 18.2. The molecule has 1 fully saturated rings. The maximum Gasteiger partial charge on any atom is 0.234 e. The van der Waals surface area contributed by atoms with Gasteiger partial charge in [-0.25, -0.2) is 13.4 Å². The van der Waals surface area contributed by atoms with Crippen molar-refractivity contribution in [2.24, 2.45) is 0 Å². The Bertz CT molecular complexity index is 782. The summed E-state index contributed by atoms with van der Waals surface area (Å²) in [6, 6.07) is 5.66. The van der Waals surface area contributed by atoms with Crippen molar-refractivity contribution in [1.82, 2.24) is 19.6 Å². The predicted octanol–water partition coefficient (Wildman–Crippen LogP) is 0.0694. The van der Waals surface area contributed by atoms with Gasteiger partial charge in [-0.15, -0.1) is 0 Å². The van der Waals surface area contributed by atoms with Crippen LogP contribution in [0.5, 0.6) is 0 Å². The van der Waals surface area contributed by atoms with Crippen molar-refractivity contribution in [1.29, 1.82) is 0 Å². The van der Waals surface area contributed by atoms with Crippen molar-refractivity contribution in [3.05, 3.63) is 36.3 Å². The molecule has 7 nitrogen and oxygen atoms in total. The van der Waals surface area contributed by atoms with Crippen LogP contribution in [-0.4, -0.2) is 59.7 Å². The van der Waals surface area contributed by atoms with Gasteiger partial charge in [-0.3, -0.25) is 9.69 Å². The number of pyridine rings is 1. The Morgan fingerprint density at radius 2 is 2.30 bits per heavy atom. The molecule has 1 aliphatic rings. The number of sulfone groups is 1. The van der Waals surface area contributed by atoms with Gasteiger partial charge in [0.1, 0.15) is 5.65 Å². The largest absolute Gasteiger partial charge is 0.349 e. The molecule has 124 valence electrons. The molecule has 3 heterocycles. The highest BCUT2D eigenvalue weighted by molar-refractivity contribution is 7.91. The Balaban J connectivity index is 1.51. The highest BCUT2D eigenvalue weighted by atomic mass is 32.2. The number of likely N-dealkylation sites (N-methyl/N-ethyl adjacent to an activating group) is 1. The van der Waals surface area contributed by atoms with Crippen molar-refractivity contribution in [2.75, 3.05) is 25.1 Å². The summed E-state index contributed by atoms with van der Waals surface area (Å²) in [5.41, 5.74) is 1.63. The molecule has 2 aromatic heterocycles. The lowest BCUT2D eigenvalue weighted by Crippen LogP contribution is -2.41. The molecular formula is C15H20N4O3S. The zero-order chi connectivity index (χ0) is 16.4. The van der Waals surface area contributed by atoms with E-state index in [4.69, 9.17) is 0 Å². The Labute approximate surface area is 135 Å². The highest BCUT2D eigenvalue weighted by Crippen LogP contribution is 2.16. The summed E-state index contributed by atoms with van der Waals surface area (Å²) in [5.74, 6) is 0.225. The maximum absolute atomic E-state index is 12.0. The van der Waals surface area contributed by atoms with E-state index in [2.05, 4.69) is 10.3 Å². The highest BCUT2D eigenvalue weighted by Gasteiger charge is 2.31. The van der Waals surface area contributed by atoms with Crippen LogP contribution >= 0.6 is 0 Å². The van der Waals surface area contributed by atoms with Crippen LogP contribution in [0.15, 0.2) is 30.6 Å². The molecule has 0 aromatic carbocycles. The van der Waals surface area contributed by atoms with E-state index in [9.17, 15) is 13.2 Å². The quantitative estimate of drug-likeness (QED) is 0.835. The van der Waals surface area contributed by atoms with Gasteiger partial charge >= 0.3 is 0 Å². The van der Waals surface area contributed by atoms with Crippen LogP contribution < -0.4 is 5.32 Å². The number of imidazole rings is 1. The molecule has 8 heteroatoms. The second-order valence-electron chi connectivity index (χ2n) is 5.95. The molecule has 1 N–H and O–H groups in total. The number of fused-ring (bicyclic) bond motifs is 1. The fourth-order valence-electron chi connectivity index (χ4n) is 2.80. The van der Waals surface area contributed by atoms with Gasteiger partial charge in [0.2, 0.25) is 5.91 Å². The molecule has 1 atom stereocenters. The van der Waals surface area contributed by atoms with Crippen molar-refractivity contribution in [3.63, 3.8) is 0 Å². The molecule has 1 aliphatic heterocycles. The first-order chi connectivity index (χ1) is 10.9. The number of nitrogens with zero attached hydrogens (tertiary/aromatic N) is 3. The first-order valence-corrected chi connectivity index (χ1v) is 9.35. The smallest absolute Gasteiger partial charge is 0.234 e. The van der Waals surface area contributed by atoms with E-state index >= 15 is 0 Å². The van der Waals surface area contributed by atoms with Crippen LogP contribution in [0.2, 0.25) is 0 Å². The van der Waals surface area contributed by atoms with Gasteiger partial charge in [0.25, 0.3) is 0 Å². The lowest BCUT2D eigenvalue weighted by atomic mass is 10.2. The van der Waals surface area contributed by atoms with Crippen molar-refractivity contribution in [2.45, 2.75) is 19.0 Å². The van der Waals surface area contributed by atoms with Crippen LogP contribution in [0.1, 0.15) is 12.1 Å². The second kappa shape index (κ2) is 6.29. The van der Waals surface area contributed by atoms with Gasteiger partial charge in [0.05, 0.1) is 30.3 Å². The molecule has 0 radical (unpaired) electrons. The number of hydrogen-bond donors (Lipinski definition) is 1. The first kappa shape index (κ1) is 15.9. The van der Waals surface area contributed by atoms with Crippen molar-refractivity contribution in [3.8, 4) is 0 Å². The maximum atomic E-state index is 12.0. The number of carbonyl (C=O) groups excluding carboxylic acids is 1. The zero-order valence-corrected chi connectivity index (χ0v) is 13.8. The molecule has 1 saturated heterocycles. The van der Waals surface area contributed by atoms with Crippen molar-refractivity contribution < 1.29 is 13.2 Å². The van der Waals surface area contributed by atoms with Crippen LogP contribution in [0.3, 0.4) is 0 Å². The number of carbonyl (C=O) groups is 1. The molecule has 0 unspecified atom stereocenters. The summed E-state index contributed by atoms with van der Waals surface area (Å²) in [6.07, 6.45) is 4.38. The molecule has 0 spiro atoms. The number of amides is 1. The monoisotopic (exact) mass is 336 g/mol. The van der Waals surface area contributed by atoms with Gasteiger partial charge in [-0.05, 0) is 25.6 Å². The predicted molar refractivity (Wildman–Crippen MR) is 86.7 cm³/mol. The normalized spacial score (nSPS) is 20.2. The standard InChI is InChI=1S/C15H20N4O3S/c1-18(13-5-7-23(21,22)11-13)10-15(20)16-8-12-9-19-6-3-2-4-14(19)17-12/h2-4,6,9,13H,5,7-8,10-11H2,1H3,(H,16,20)/t13-/m0/s1. The number of rotatable bonds is 5. The van der Waals surface area contributed by atoms with Crippen LogP contribution in [0, 0.1) is 0 Å². The van der Waals surface area contributed by atoms with E-state index in [1.54, 1.807) is 7.05 Å². The molecule has 0 aliphatic carbocycles. The minimum Gasteiger partial charge on any atom is -0.349 e. The van der Waals surface area contributed by atoms with Gasteiger partial charge in [0, 0.05) is 18.4 Å². The number of hydrogen-bond acceptors (Lipinski definition) is 5. The summed E-state index contributed by atoms with van der Waals surface area (Å²) in [5, 5.41) is 2.83. The summed E-state index contributed by atoms with van der Waals surface area (Å²) >= 11 is 0. The molecule has 23 heavy (non-hydrogen) atoms. The minimum atomic E-state index is -2.93. The van der Waals surface area contributed by atoms with Gasteiger partial charge in [0.15, 0.2) is 9.84 Å². The molecular weight excluding hydrogens is 316 g/mol. The lowest BCUT2D eigenvalue weighted by molar-refractivity contribution is -0.122. The van der Waals surface area contributed by atoms with Crippen LogP contribution in [-0.2, 0) is 21.2 Å². The van der Waals surface area contributed by atoms with E-state index in [-0.39, 0.29) is 30.0 Å². The van der Waals surface area contributed by atoms with E-state index < -0.39 is 9.84 Å². The number of aromatic nitrogens is 2. The third-order valence-corrected chi connectivity index (χ3v) is 5.86. The zero-order valence-electron chi connectivity index (χ0n) is 13.0.